The number of rotatable bonds is 1. The predicted molar refractivity (Wildman–Crippen MR) is 68.7 cm³/mol. The number of hydrogen-bond acceptors (Lipinski definition) is 3. The topological polar surface area (TPSA) is 25.4 Å². The van der Waals surface area contributed by atoms with Crippen LogP contribution in [0.15, 0.2) is 12.3 Å². The minimum atomic E-state index is 0.489. The van der Waals surface area contributed by atoms with Gasteiger partial charge in [-0.05, 0) is 24.3 Å². The standard InChI is InChI=1S/C14H20N2O/c1-9(2)12-4-5-15-14-13(12)17-8-11-6-10(3)7-16(11)14/h4-5,9-11H,6-8H2,1-3H3/t10-,11-/m1/s1. The van der Waals surface area contributed by atoms with Gasteiger partial charge in [0.25, 0.3) is 0 Å². The summed E-state index contributed by atoms with van der Waals surface area (Å²) in [6.45, 7) is 8.66. The van der Waals surface area contributed by atoms with Crippen LogP contribution in [0.5, 0.6) is 5.75 Å². The number of pyridine rings is 1. The van der Waals surface area contributed by atoms with E-state index >= 15 is 0 Å². The highest BCUT2D eigenvalue weighted by Crippen LogP contribution is 2.41. The Balaban J connectivity index is 2.04. The molecule has 1 saturated heterocycles. The van der Waals surface area contributed by atoms with Gasteiger partial charge in [-0.25, -0.2) is 4.98 Å². The Bertz CT molecular complexity index is 430. The molecule has 0 aliphatic carbocycles. The lowest BCUT2D eigenvalue weighted by Gasteiger charge is -2.33. The molecule has 0 aromatic carbocycles. The predicted octanol–water partition coefficient (Wildman–Crippen LogP) is 2.81. The van der Waals surface area contributed by atoms with E-state index in [-0.39, 0.29) is 0 Å². The third kappa shape index (κ3) is 1.68. The van der Waals surface area contributed by atoms with Crippen molar-refractivity contribution in [3.05, 3.63) is 17.8 Å². The molecule has 0 saturated carbocycles. The zero-order chi connectivity index (χ0) is 12.0. The summed E-state index contributed by atoms with van der Waals surface area (Å²) < 4.78 is 5.97. The van der Waals surface area contributed by atoms with Crippen molar-refractivity contribution in [2.45, 2.75) is 39.2 Å². The molecule has 0 unspecified atom stereocenters. The highest BCUT2D eigenvalue weighted by atomic mass is 16.5. The first kappa shape index (κ1) is 10.9. The fourth-order valence-electron chi connectivity index (χ4n) is 3.01. The maximum absolute atomic E-state index is 5.97. The number of hydrogen-bond donors (Lipinski definition) is 0. The van der Waals surface area contributed by atoms with Crippen molar-refractivity contribution in [2.75, 3.05) is 18.1 Å². The molecule has 2 aliphatic heterocycles. The molecule has 2 aliphatic rings. The van der Waals surface area contributed by atoms with E-state index in [9.17, 15) is 0 Å². The molecule has 0 amide bonds. The van der Waals surface area contributed by atoms with E-state index in [0.29, 0.717) is 12.0 Å². The first-order valence-corrected chi connectivity index (χ1v) is 6.55. The van der Waals surface area contributed by atoms with Crippen LogP contribution in [0.1, 0.15) is 38.7 Å². The molecule has 3 rings (SSSR count). The van der Waals surface area contributed by atoms with Gasteiger partial charge >= 0.3 is 0 Å². The van der Waals surface area contributed by atoms with E-state index in [1.165, 1.54) is 12.0 Å². The first-order chi connectivity index (χ1) is 8.16. The molecule has 0 N–H and O–H groups in total. The number of nitrogens with zero attached hydrogens (tertiary/aromatic N) is 2. The molecule has 1 aromatic rings. The summed E-state index contributed by atoms with van der Waals surface area (Å²) in [6, 6.07) is 2.62. The quantitative estimate of drug-likeness (QED) is 0.744. The second-order valence-electron chi connectivity index (χ2n) is 5.67. The second-order valence-corrected chi connectivity index (χ2v) is 5.67. The molecule has 92 valence electrons. The Morgan fingerprint density at radius 2 is 2.29 bits per heavy atom. The van der Waals surface area contributed by atoms with Gasteiger partial charge in [0.2, 0.25) is 0 Å². The van der Waals surface area contributed by atoms with Gasteiger partial charge in [0.1, 0.15) is 6.61 Å². The van der Waals surface area contributed by atoms with Crippen molar-refractivity contribution < 1.29 is 4.74 Å². The summed E-state index contributed by atoms with van der Waals surface area (Å²) in [5.41, 5.74) is 1.29. The lowest BCUT2D eigenvalue weighted by atomic mass is 10.0. The van der Waals surface area contributed by atoms with Gasteiger partial charge in [-0.15, -0.1) is 0 Å². The van der Waals surface area contributed by atoms with Crippen LogP contribution in [0.25, 0.3) is 0 Å². The van der Waals surface area contributed by atoms with Gasteiger partial charge in [-0.2, -0.15) is 0 Å². The Morgan fingerprint density at radius 3 is 3.06 bits per heavy atom. The van der Waals surface area contributed by atoms with E-state index in [2.05, 4.69) is 36.7 Å². The number of ether oxygens (including phenoxy) is 1. The minimum absolute atomic E-state index is 0.489. The van der Waals surface area contributed by atoms with Gasteiger partial charge in [-0.1, -0.05) is 20.8 Å². The average Bonchev–Trinajstić information content (AvgIpc) is 2.68. The van der Waals surface area contributed by atoms with Crippen LogP contribution in [-0.2, 0) is 0 Å². The van der Waals surface area contributed by atoms with E-state index in [4.69, 9.17) is 4.74 Å². The number of anilines is 1. The van der Waals surface area contributed by atoms with Gasteiger partial charge in [-0.3, -0.25) is 0 Å². The fraction of sp³-hybridized carbons (Fsp3) is 0.643. The fourth-order valence-corrected chi connectivity index (χ4v) is 3.01. The summed E-state index contributed by atoms with van der Waals surface area (Å²) in [7, 11) is 0. The zero-order valence-corrected chi connectivity index (χ0v) is 10.8. The summed E-state index contributed by atoms with van der Waals surface area (Å²) in [5.74, 6) is 3.33. The molecule has 0 radical (unpaired) electrons. The Hall–Kier alpha value is -1.25. The second kappa shape index (κ2) is 3.90. The Morgan fingerprint density at radius 1 is 1.47 bits per heavy atom. The van der Waals surface area contributed by atoms with Gasteiger partial charge < -0.3 is 9.64 Å². The van der Waals surface area contributed by atoms with Gasteiger partial charge in [0.05, 0.1) is 6.04 Å². The number of aromatic nitrogens is 1. The SMILES string of the molecule is CC(C)c1ccnc2c1OC[C@H]1C[C@@H](C)CN21. The summed E-state index contributed by atoms with van der Waals surface area (Å²) in [6.07, 6.45) is 3.15. The number of fused-ring (bicyclic) bond motifs is 3. The summed E-state index contributed by atoms with van der Waals surface area (Å²) in [5, 5.41) is 0. The van der Waals surface area contributed by atoms with Crippen LogP contribution < -0.4 is 9.64 Å². The molecular formula is C14H20N2O. The van der Waals surface area contributed by atoms with E-state index in [1.54, 1.807) is 0 Å². The highest BCUT2D eigenvalue weighted by molar-refractivity contribution is 5.60. The van der Waals surface area contributed by atoms with Gasteiger partial charge in [0, 0.05) is 18.3 Å². The lowest BCUT2D eigenvalue weighted by molar-refractivity contribution is 0.264. The smallest absolute Gasteiger partial charge is 0.172 e. The Kier molecular flexibility index (Phi) is 2.49. The van der Waals surface area contributed by atoms with Crippen molar-refractivity contribution in [3.8, 4) is 5.75 Å². The van der Waals surface area contributed by atoms with E-state index < -0.39 is 0 Å². The molecule has 2 atom stereocenters. The zero-order valence-electron chi connectivity index (χ0n) is 10.8. The third-order valence-corrected chi connectivity index (χ3v) is 3.85. The molecule has 3 heterocycles. The van der Waals surface area contributed by atoms with Crippen molar-refractivity contribution in [1.82, 2.24) is 4.98 Å². The van der Waals surface area contributed by atoms with Crippen LogP contribution in [0.3, 0.4) is 0 Å². The molecule has 1 fully saturated rings. The monoisotopic (exact) mass is 232 g/mol. The molecular weight excluding hydrogens is 212 g/mol. The molecule has 17 heavy (non-hydrogen) atoms. The van der Waals surface area contributed by atoms with Crippen LogP contribution in [0.4, 0.5) is 5.82 Å². The Labute approximate surface area is 103 Å². The third-order valence-electron chi connectivity index (χ3n) is 3.85. The van der Waals surface area contributed by atoms with Crippen LogP contribution in [0, 0.1) is 5.92 Å². The molecule has 3 heteroatoms. The minimum Gasteiger partial charge on any atom is -0.487 e. The average molecular weight is 232 g/mol. The van der Waals surface area contributed by atoms with E-state index in [0.717, 1.165) is 30.6 Å². The summed E-state index contributed by atoms with van der Waals surface area (Å²) >= 11 is 0. The largest absolute Gasteiger partial charge is 0.487 e. The summed E-state index contributed by atoms with van der Waals surface area (Å²) in [4.78, 5) is 6.98. The molecule has 1 aromatic heterocycles. The van der Waals surface area contributed by atoms with Crippen molar-refractivity contribution in [1.29, 1.82) is 0 Å². The first-order valence-electron chi connectivity index (χ1n) is 6.55. The van der Waals surface area contributed by atoms with Crippen molar-refractivity contribution in [3.63, 3.8) is 0 Å². The van der Waals surface area contributed by atoms with Crippen LogP contribution >= 0.6 is 0 Å². The van der Waals surface area contributed by atoms with Crippen LogP contribution in [0.2, 0.25) is 0 Å². The lowest BCUT2D eigenvalue weighted by Crippen LogP contribution is -2.39. The molecule has 0 bridgehead atoms. The van der Waals surface area contributed by atoms with Crippen LogP contribution in [-0.4, -0.2) is 24.2 Å². The maximum atomic E-state index is 5.97. The van der Waals surface area contributed by atoms with Crippen molar-refractivity contribution in [2.24, 2.45) is 5.92 Å². The maximum Gasteiger partial charge on any atom is 0.172 e. The molecule has 0 spiro atoms. The normalized spacial score (nSPS) is 26.7. The van der Waals surface area contributed by atoms with Gasteiger partial charge in [0.15, 0.2) is 11.6 Å². The van der Waals surface area contributed by atoms with E-state index in [1.807, 2.05) is 6.20 Å². The van der Waals surface area contributed by atoms with Crippen molar-refractivity contribution >= 4 is 5.82 Å². The highest BCUT2D eigenvalue weighted by Gasteiger charge is 2.37. The molecule has 3 nitrogen and oxygen atoms in total.